The van der Waals surface area contributed by atoms with Crippen LogP contribution in [0.2, 0.25) is 0 Å². The van der Waals surface area contributed by atoms with Crippen molar-refractivity contribution in [2.75, 3.05) is 0 Å². The van der Waals surface area contributed by atoms with Crippen LogP contribution in [0.3, 0.4) is 0 Å². The van der Waals surface area contributed by atoms with E-state index in [1.165, 1.54) is 18.5 Å². The Bertz CT molecular complexity index is 1040. The summed E-state index contributed by atoms with van der Waals surface area (Å²) < 4.78 is 18.6. The Kier molecular flexibility index (Phi) is 4.15. The quantitative estimate of drug-likeness (QED) is 0.607. The third kappa shape index (κ3) is 3.30. The van der Waals surface area contributed by atoms with Gasteiger partial charge in [0.1, 0.15) is 17.7 Å². The van der Waals surface area contributed by atoms with Crippen LogP contribution in [0.5, 0.6) is 0 Å². The average Bonchev–Trinajstić information content (AvgIpc) is 3.11. The van der Waals surface area contributed by atoms with E-state index in [-0.39, 0.29) is 24.0 Å². The van der Waals surface area contributed by atoms with Crippen molar-refractivity contribution in [2.45, 2.75) is 6.54 Å². The molecule has 1 N–H and O–H groups in total. The maximum atomic E-state index is 13.0. The number of halogens is 1. The molecule has 0 aliphatic carbocycles. The van der Waals surface area contributed by atoms with Crippen molar-refractivity contribution in [3.8, 4) is 11.3 Å². The molecule has 128 valence electrons. The normalized spacial score (nSPS) is 10.8. The van der Waals surface area contributed by atoms with E-state index < -0.39 is 0 Å². The molecule has 0 saturated heterocycles. The summed E-state index contributed by atoms with van der Waals surface area (Å²) in [6.45, 7) is 0.229. The molecule has 4 aromatic rings. The van der Waals surface area contributed by atoms with Gasteiger partial charge in [-0.25, -0.2) is 14.4 Å². The van der Waals surface area contributed by atoms with Crippen LogP contribution in [0.1, 0.15) is 16.2 Å². The van der Waals surface area contributed by atoms with Gasteiger partial charge in [-0.3, -0.25) is 4.79 Å². The number of fused-ring (bicyclic) bond motifs is 1. The van der Waals surface area contributed by atoms with Crippen LogP contribution >= 0.6 is 0 Å². The zero-order chi connectivity index (χ0) is 17.9. The number of benzene rings is 2. The minimum Gasteiger partial charge on any atom is -0.451 e. The van der Waals surface area contributed by atoms with Crippen LogP contribution in [0, 0.1) is 5.82 Å². The smallest absolute Gasteiger partial charge is 0.287 e. The third-order valence-corrected chi connectivity index (χ3v) is 3.94. The zero-order valence-corrected chi connectivity index (χ0v) is 13.6. The monoisotopic (exact) mass is 347 g/mol. The van der Waals surface area contributed by atoms with E-state index in [9.17, 15) is 9.18 Å². The van der Waals surface area contributed by atoms with Gasteiger partial charge in [0, 0.05) is 10.9 Å². The Hall–Kier alpha value is -3.54. The van der Waals surface area contributed by atoms with Gasteiger partial charge in [0.05, 0.1) is 17.9 Å². The molecule has 0 aliphatic rings. The first kappa shape index (κ1) is 16.0. The lowest BCUT2D eigenvalue weighted by Gasteiger charge is -2.05. The highest BCUT2D eigenvalue weighted by atomic mass is 19.1. The predicted molar refractivity (Wildman–Crippen MR) is 94.8 cm³/mol. The number of carbonyl (C=O) groups is 1. The Morgan fingerprint density at radius 2 is 1.85 bits per heavy atom. The lowest BCUT2D eigenvalue weighted by molar-refractivity contribution is 0.0925. The number of hydrogen-bond acceptors (Lipinski definition) is 4. The molecule has 0 fully saturated rings. The molecular weight excluding hydrogens is 333 g/mol. The molecule has 0 radical (unpaired) electrons. The maximum Gasteiger partial charge on any atom is 0.287 e. The van der Waals surface area contributed by atoms with Crippen molar-refractivity contribution in [3.63, 3.8) is 0 Å². The molecule has 5 nitrogen and oxygen atoms in total. The first-order chi connectivity index (χ1) is 12.7. The molecule has 0 bridgehead atoms. The number of nitrogens with one attached hydrogen (secondary N) is 1. The molecule has 0 atom stereocenters. The molecule has 0 spiro atoms. The number of nitrogens with zero attached hydrogens (tertiary/aromatic N) is 2. The number of amides is 1. The Balaban J connectivity index is 1.48. The summed E-state index contributed by atoms with van der Waals surface area (Å²) in [5.74, 6) is -0.372. The second kappa shape index (κ2) is 6.76. The summed E-state index contributed by atoms with van der Waals surface area (Å²) in [6, 6.07) is 16.9. The Labute approximate surface area is 148 Å². The van der Waals surface area contributed by atoms with Crippen molar-refractivity contribution >= 4 is 16.9 Å². The number of para-hydroxylation sites is 1. The molecule has 26 heavy (non-hydrogen) atoms. The maximum absolute atomic E-state index is 13.0. The largest absolute Gasteiger partial charge is 0.451 e. The molecule has 0 aliphatic heterocycles. The average molecular weight is 347 g/mol. The summed E-state index contributed by atoms with van der Waals surface area (Å²) in [6.07, 6.45) is 1.42. The summed E-state index contributed by atoms with van der Waals surface area (Å²) >= 11 is 0. The Morgan fingerprint density at radius 3 is 2.65 bits per heavy atom. The third-order valence-electron chi connectivity index (χ3n) is 3.94. The SMILES string of the molecule is O=C(NCc1cc(-c2ccc(F)cc2)ncn1)c1cc2ccccc2o1. The van der Waals surface area contributed by atoms with Gasteiger partial charge in [0.25, 0.3) is 5.91 Å². The lowest BCUT2D eigenvalue weighted by Crippen LogP contribution is -2.22. The van der Waals surface area contributed by atoms with Crippen LogP contribution in [0.4, 0.5) is 4.39 Å². The fourth-order valence-electron chi connectivity index (χ4n) is 2.62. The fourth-order valence-corrected chi connectivity index (χ4v) is 2.62. The highest BCUT2D eigenvalue weighted by Crippen LogP contribution is 2.19. The van der Waals surface area contributed by atoms with Gasteiger partial charge >= 0.3 is 0 Å². The second-order valence-electron chi connectivity index (χ2n) is 5.73. The minimum absolute atomic E-state index is 0.229. The molecule has 4 rings (SSSR count). The first-order valence-corrected chi connectivity index (χ1v) is 8.03. The molecular formula is C20H14FN3O2. The summed E-state index contributed by atoms with van der Waals surface area (Å²) in [7, 11) is 0. The van der Waals surface area contributed by atoms with Gasteiger partial charge in [-0.2, -0.15) is 0 Å². The van der Waals surface area contributed by atoms with Crippen LogP contribution in [0.25, 0.3) is 22.2 Å². The van der Waals surface area contributed by atoms with Crippen LogP contribution < -0.4 is 5.32 Å². The lowest BCUT2D eigenvalue weighted by atomic mass is 10.1. The number of rotatable bonds is 4. The zero-order valence-electron chi connectivity index (χ0n) is 13.6. The highest BCUT2D eigenvalue weighted by Gasteiger charge is 2.12. The molecule has 6 heteroatoms. The van der Waals surface area contributed by atoms with E-state index in [2.05, 4.69) is 15.3 Å². The minimum atomic E-state index is -0.317. The summed E-state index contributed by atoms with van der Waals surface area (Å²) in [5, 5.41) is 3.65. The molecule has 2 aromatic heterocycles. The fraction of sp³-hybridized carbons (Fsp3) is 0.0500. The van der Waals surface area contributed by atoms with Crippen LogP contribution in [0.15, 0.2) is 71.4 Å². The molecule has 2 aromatic carbocycles. The van der Waals surface area contributed by atoms with E-state index in [1.807, 2.05) is 24.3 Å². The highest BCUT2D eigenvalue weighted by molar-refractivity contribution is 5.96. The number of aromatic nitrogens is 2. The van der Waals surface area contributed by atoms with E-state index >= 15 is 0 Å². The standard InChI is InChI=1S/C20H14FN3O2/c21-15-7-5-13(6-8-15)17-10-16(23-12-24-17)11-22-20(25)19-9-14-3-1-2-4-18(14)26-19/h1-10,12H,11H2,(H,22,25). The van der Waals surface area contributed by atoms with Crippen molar-refractivity contribution in [1.29, 1.82) is 0 Å². The molecule has 2 heterocycles. The van der Waals surface area contributed by atoms with Crippen molar-refractivity contribution in [3.05, 3.63) is 84.3 Å². The van der Waals surface area contributed by atoms with Crippen LogP contribution in [-0.4, -0.2) is 15.9 Å². The van der Waals surface area contributed by atoms with Gasteiger partial charge < -0.3 is 9.73 Å². The van der Waals surface area contributed by atoms with E-state index in [0.717, 1.165) is 10.9 Å². The van der Waals surface area contributed by atoms with Crippen molar-refractivity contribution in [1.82, 2.24) is 15.3 Å². The van der Waals surface area contributed by atoms with Gasteiger partial charge in [-0.15, -0.1) is 0 Å². The van der Waals surface area contributed by atoms with Gasteiger partial charge in [-0.1, -0.05) is 18.2 Å². The summed E-state index contributed by atoms with van der Waals surface area (Å²) in [4.78, 5) is 20.6. The molecule has 0 unspecified atom stereocenters. The Morgan fingerprint density at radius 1 is 1.04 bits per heavy atom. The molecule has 1 amide bonds. The number of furan rings is 1. The van der Waals surface area contributed by atoms with E-state index in [4.69, 9.17) is 4.42 Å². The topological polar surface area (TPSA) is 68.0 Å². The predicted octanol–water partition coefficient (Wildman–Crippen LogP) is 3.96. The van der Waals surface area contributed by atoms with Crippen molar-refractivity contribution in [2.24, 2.45) is 0 Å². The van der Waals surface area contributed by atoms with Crippen molar-refractivity contribution < 1.29 is 13.6 Å². The van der Waals surface area contributed by atoms with Gasteiger partial charge in [0.15, 0.2) is 5.76 Å². The van der Waals surface area contributed by atoms with E-state index in [0.29, 0.717) is 17.0 Å². The number of carbonyl (C=O) groups excluding carboxylic acids is 1. The summed E-state index contributed by atoms with van der Waals surface area (Å²) in [5.41, 5.74) is 2.74. The van der Waals surface area contributed by atoms with E-state index in [1.54, 1.807) is 24.3 Å². The van der Waals surface area contributed by atoms with Gasteiger partial charge in [0.2, 0.25) is 0 Å². The van der Waals surface area contributed by atoms with Gasteiger partial charge in [-0.05, 0) is 42.5 Å². The van der Waals surface area contributed by atoms with Crippen LogP contribution in [-0.2, 0) is 6.54 Å². The first-order valence-electron chi connectivity index (χ1n) is 8.03. The molecule has 0 saturated carbocycles. The number of hydrogen-bond donors (Lipinski definition) is 1. The second-order valence-corrected chi connectivity index (χ2v) is 5.73.